The lowest BCUT2D eigenvalue weighted by atomic mass is 10.1. The number of carbonyl (C=O) groups is 2. The maximum atomic E-state index is 12.9. The second-order valence-corrected chi connectivity index (χ2v) is 7.20. The minimum atomic E-state index is -0.775. The highest BCUT2D eigenvalue weighted by molar-refractivity contribution is 6.05. The van der Waals surface area contributed by atoms with Gasteiger partial charge in [-0.25, -0.2) is 5.43 Å². The molecule has 0 radical (unpaired) electrons. The molecule has 0 spiro atoms. The van der Waals surface area contributed by atoms with E-state index in [9.17, 15) is 24.8 Å². The van der Waals surface area contributed by atoms with Crippen LogP contribution in [0.5, 0.6) is 17.2 Å². The van der Waals surface area contributed by atoms with Gasteiger partial charge < -0.3 is 19.9 Å². The molecule has 0 aromatic heterocycles. The van der Waals surface area contributed by atoms with Gasteiger partial charge in [0.1, 0.15) is 11.4 Å². The van der Waals surface area contributed by atoms with E-state index in [0.29, 0.717) is 16.9 Å². The summed E-state index contributed by atoms with van der Waals surface area (Å²) in [5.41, 5.74) is 2.74. The number of nitro groups is 1. The Morgan fingerprint density at radius 3 is 2.31 bits per heavy atom. The minimum Gasteiger partial charge on any atom is -0.500 e. The van der Waals surface area contributed by atoms with Gasteiger partial charge in [0.05, 0.1) is 25.4 Å². The van der Waals surface area contributed by atoms with Crippen molar-refractivity contribution in [3.63, 3.8) is 0 Å². The van der Waals surface area contributed by atoms with Gasteiger partial charge in [0.2, 0.25) is 5.75 Å². The van der Waals surface area contributed by atoms with Crippen molar-refractivity contribution in [3.05, 3.63) is 99.2 Å². The zero-order valence-electron chi connectivity index (χ0n) is 19.3. The molecule has 0 atom stereocenters. The van der Waals surface area contributed by atoms with Crippen LogP contribution in [-0.4, -0.2) is 42.3 Å². The van der Waals surface area contributed by atoms with Crippen molar-refractivity contribution in [2.45, 2.75) is 0 Å². The third-order valence-corrected chi connectivity index (χ3v) is 4.83. The largest absolute Gasteiger partial charge is 0.500 e. The number of nitrogens with zero attached hydrogens (tertiary/aromatic N) is 2. The first kappa shape index (κ1) is 25.4. The van der Waals surface area contributed by atoms with Gasteiger partial charge >= 0.3 is 5.69 Å². The molecule has 11 nitrogen and oxygen atoms in total. The summed E-state index contributed by atoms with van der Waals surface area (Å²) in [4.78, 5) is 35.9. The van der Waals surface area contributed by atoms with Crippen LogP contribution in [0.3, 0.4) is 0 Å². The molecule has 0 bridgehead atoms. The van der Waals surface area contributed by atoms with E-state index >= 15 is 0 Å². The molecular formula is C25H22N4O7. The van der Waals surface area contributed by atoms with Crippen LogP contribution in [0.2, 0.25) is 0 Å². The molecule has 2 amide bonds. The number of phenols is 1. The first-order valence-electron chi connectivity index (χ1n) is 10.4. The second-order valence-electron chi connectivity index (χ2n) is 7.20. The number of amides is 2. The Balaban J connectivity index is 1.85. The number of rotatable bonds is 9. The van der Waals surface area contributed by atoms with Crippen molar-refractivity contribution in [1.29, 1.82) is 0 Å². The van der Waals surface area contributed by atoms with Gasteiger partial charge in [-0.1, -0.05) is 30.3 Å². The van der Waals surface area contributed by atoms with Gasteiger partial charge in [-0.15, -0.1) is 0 Å². The number of hydrogen-bond acceptors (Lipinski definition) is 8. The van der Waals surface area contributed by atoms with Crippen molar-refractivity contribution < 1.29 is 29.1 Å². The van der Waals surface area contributed by atoms with E-state index < -0.39 is 28.2 Å². The fraction of sp³-hybridized carbons (Fsp3) is 0.0800. The van der Waals surface area contributed by atoms with Crippen molar-refractivity contribution in [3.8, 4) is 17.2 Å². The van der Waals surface area contributed by atoms with Crippen LogP contribution in [0.25, 0.3) is 6.08 Å². The van der Waals surface area contributed by atoms with E-state index in [-0.39, 0.29) is 17.0 Å². The van der Waals surface area contributed by atoms with Gasteiger partial charge in [-0.2, -0.15) is 5.10 Å². The molecule has 36 heavy (non-hydrogen) atoms. The number of ether oxygens (including phenoxy) is 2. The maximum Gasteiger partial charge on any atom is 0.315 e. The molecule has 0 saturated heterocycles. The Morgan fingerprint density at radius 1 is 1.00 bits per heavy atom. The Bertz CT molecular complexity index is 1320. The number of hydrazone groups is 1. The van der Waals surface area contributed by atoms with Crippen molar-refractivity contribution in [1.82, 2.24) is 10.7 Å². The number of hydrogen-bond donors (Lipinski definition) is 3. The number of aromatic hydroxyl groups is 1. The smallest absolute Gasteiger partial charge is 0.315 e. The zero-order valence-corrected chi connectivity index (χ0v) is 19.3. The summed E-state index contributed by atoms with van der Waals surface area (Å²) in [6, 6.07) is 17.5. The number of methoxy groups -OCH3 is 2. The average molecular weight is 490 g/mol. The predicted octanol–water partition coefficient (Wildman–Crippen LogP) is 3.24. The summed E-state index contributed by atoms with van der Waals surface area (Å²) in [5, 5.41) is 27.4. The van der Waals surface area contributed by atoms with E-state index in [2.05, 4.69) is 15.8 Å². The SMILES string of the molecule is COc1ccc(/C=C(/NC(=O)c2ccccc2)C(=O)N/N=C\c2cc(OC)c(O)c([N+](=O)[O-])c2)cc1. The molecule has 0 unspecified atom stereocenters. The third kappa shape index (κ3) is 6.44. The van der Waals surface area contributed by atoms with Gasteiger partial charge in [0.25, 0.3) is 11.8 Å². The molecule has 3 aromatic carbocycles. The molecule has 11 heteroatoms. The molecule has 3 N–H and O–H groups in total. The van der Waals surface area contributed by atoms with Crippen molar-refractivity contribution >= 4 is 29.8 Å². The average Bonchev–Trinajstić information content (AvgIpc) is 2.89. The van der Waals surface area contributed by atoms with E-state index in [0.717, 1.165) is 12.3 Å². The monoisotopic (exact) mass is 490 g/mol. The number of phenolic OH excluding ortho intramolecular Hbond substituents is 1. The van der Waals surface area contributed by atoms with Gasteiger partial charge in [-0.05, 0) is 42.0 Å². The lowest BCUT2D eigenvalue weighted by molar-refractivity contribution is -0.386. The van der Waals surface area contributed by atoms with Crippen LogP contribution >= 0.6 is 0 Å². The molecule has 3 rings (SSSR count). The first-order valence-corrected chi connectivity index (χ1v) is 10.4. The second kappa shape index (κ2) is 11.8. The number of benzene rings is 3. The summed E-state index contributed by atoms with van der Waals surface area (Å²) in [6.45, 7) is 0. The summed E-state index contributed by atoms with van der Waals surface area (Å²) < 4.78 is 10.1. The number of carbonyl (C=O) groups excluding carboxylic acids is 2. The van der Waals surface area contributed by atoms with Crippen LogP contribution in [0.4, 0.5) is 5.69 Å². The van der Waals surface area contributed by atoms with Crippen molar-refractivity contribution in [2.75, 3.05) is 14.2 Å². The third-order valence-electron chi connectivity index (χ3n) is 4.83. The van der Waals surface area contributed by atoms with E-state index in [1.54, 1.807) is 54.6 Å². The summed E-state index contributed by atoms with van der Waals surface area (Å²) in [7, 11) is 2.77. The normalized spacial score (nSPS) is 11.1. The fourth-order valence-corrected chi connectivity index (χ4v) is 3.02. The molecule has 0 heterocycles. The van der Waals surface area contributed by atoms with Crippen LogP contribution in [0.1, 0.15) is 21.5 Å². The van der Waals surface area contributed by atoms with E-state index in [1.165, 1.54) is 26.4 Å². The molecule has 3 aromatic rings. The van der Waals surface area contributed by atoms with Gasteiger partial charge in [0, 0.05) is 17.2 Å². The van der Waals surface area contributed by atoms with Crippen LogP contribution in [0.15, 0.2) is 77.5 Å². The molecule has 0 fully saturated rings. The minimum absolute atomic E-state index is 0.0968. The highest BCUT2D eigenvalue weighted by atomic mass is 16.6. The number of nitrogens with one attached hydrogen (secondary N) is 2. The standard InChI is InChI=1S/C25H22N4O7/c1-35-19-10-8-16(9-11-19)12-20(27-24(31)18-6-4-3-5-7-18)25(32)28-26-15-17-13-21(29(33)34)23(30)22(14-17)36-2/h3-15,30H,1-2H3,(H,27,31)(H,28,32)/b20-12+,26-15-. The summed E-state index contributed by atoms with van der Waals surface area (Å²) in [6.07, 6.45) is 2.59. The molecular weight excluding hydrogens is 468 g/mol. The lowest BCUT2D eigenvalue weighted by Crippen LogP contribution is -2.32. The molecule has 0 aliphatic rings. The Hall–Kier alpha value is -5.19. The highest BCUT2D eigenvalue weighted by Crippen LogP contribution is 2.36. The summed E-state index contributed by atoms with van der Waals surface area (Å²) >= 11 is 0. The zero-order chi connectivity index (χ0) is 26.1. The van der Waals surface area contributed by atoms with E-state index in [4.69, 9.17) is 9.47 Å². The Kier molecular flexibility index (Phi) is 8.33. The molecule has 0 aliphatic heterocycles. The summed E-state index contributed by atoms with van der Waals surface area (Å²) in [5.74, 6) is -1.39. The van der Waals surface area contributed by atoms with Gasteiger partial charge in [-0.3, -0.25) is 19.7 Å². The van der Waals surface area contributed by atoms with Crippen molar-refractivity contribution in [2.24, 2.45) is 5.10 Å². The lowest BCUT2D eigenvalue weighted by Gasteiger charge is -2.09. The predicted molar refractivity (Wildman–Crippen MR) is 132 cm³/mol. The Labute approximate surface area is 205 Å². The topological polar surface area (TPSA) is 152 Å². The van der Waals surface area contributed by atoms with Crippen LogP contribution in [-0.2, 0) is 4.79 Å². The van der Waals surface area contributed by atoms with Gasteiger partial charge in [0.15, 0.2) is 5.75 Å². The number of nitro benzene ring substituents is 1. The van der Waals surface area contributed by atoms with E-state index in [1.807, 2.05) is 0 Å². The quantitative estimate of drug-likeness (QED) is 0.180. The highest BCUT2D eigenvalue weighted by Gasteiger charge is 2.19. The van der Waals surface area contributed by atoms with Crippen LogP contribution in [0, 0.1) is 10.1 Å². The maximum absolute atomic E-state index is 12.9. The van der Waals surface area contributed by atoms with Crippen LogP contribution < -0.4 is 20.2 Å². The molecule has 0 saturated carbocycles. The molecule has 184 valence electrons. The Morgan fingerprint density at radius 2 is 1.69 bits per heavy atom. The fourth-order valence-electron chi connectivity index (χ4n) is 3.02. The molecule has 0 aliphatic carbocycles. The first-order chi connectivity index (χ1) is 17.3.